The van der Waals surface area contributed by atoms with E-state index in [0.29, 0.717) is 38.5 Å². The van der Waals surface area contributed by atoms with Gasteiger partial charge in [0.25, 0.3) is 5.91 Å². The number of carbonyl (C=O) groups is 1. The van der Waals surface area contributed by atoms with Crippen molar-refractivity contribution in [3.8, 4) is 16.9 Å². The zero-order chi connectivity index (χ0) is 23.1. The molecule has 34 heavy (non-hydrogen) atoms. The van der Waals surface area contributed by atoms with Crippen molar-refractivity contribution < 1.29 is 13.7 Å². The molecule has 1 amide bonds. The van der Waals surface area contributed by atoms with Gasteiger partial charge >= 0.3 is 0 Å². The van der Waals surface area contributed by atoms with Crippen LogP contribution in [0.2, 0.25) is 0 Å². The van der Waals surface area contributed by atoms with Gasteiger partial charge in [0, 0.05) is 41.5 Å². The van der Waals surface area contributed by atoms with E-state index in [1.54, 1.807) is 11.1 Å². The molecule has 2 aromatic carbocycles. The lowest BCUT2D eigenvalue weighted by Crippen LogP contribution is -2.41. The maximum atomic E-state index is 13.5. The Morgan fingerprint density at radius 3 is 2.74 bits per heavy atom. The number of fused-ring (bicyclic) bond motifs is 3. The number of aromatic nitrogens is 4. The van der Waals surface area contributed by atoms with E-state index in [4.69, 9.17) is 9.84 Å². The molecule has 0 aliphatic carbocycles. The molecule has 2 aliphatic rings. The molecule has 1 unspecified atom stereocenters. The average Bonchev–Trinajstić information content (AvgIpc) is 3.52. The van der Waals surface area contributed by atoms with E-state index in [2.05, 4.69) is 11.2 Å². The molecule has 0 saturated carbocycles. The molecule has 172 valence electrons. The second-order valence-corrected chi connectivity index (χ2v) is 9.77. The van der Waals surface area contributed by atoms with Gasteiger partial charge in [0.1, 0.15) is 0 Å². The fourth-order valence-electron chi connectivity index (χ4n) is 4.58. The van der Waals surface area contributed by atoms with Crippen LogP contribution in [0.4, 0.5) is 0 Å². The molecule has 2 aliphatic heterocycles. The van der Waals surface area contributed by atoms with Gasteiger partial charge in [0.2, 0.25) is 0 Å². The molecule has 0 N–H and O–H groups in total. The van der Waals surface area contributed by atoms with E-state index in [0.717, 1.165) is 33.0 Å². The molecule has 8 nitrogen and oxygen atoms in total. The van der Waals surface area contributed by atoms with Gasteiger partial charge in [0.05, 0.1) is 47.7 Å². The fourth-order valence-corrected chi connectivity index (χ4v) is 5.91. The number of ether oxygens (including phenoxy) is 1. The molecule has 0 radical (unpaired) electrons. The highest BCUT2D eigenvalue weighted by atomic mass is 32.2. The molecule has 0 spiro atoms. The van der Waals surface area contributed by atoms with Crippen molar-refractivity contribution >= 4 is 16.7 Å². The van der Waals surface area contributed by atoms with Crippen molar-refractivity contribution in [2.75, 3.05) is 26.3 Å². The highest BCUT2D eigenvalue weighted by molar-refractivity contribution is 7.84. The van der Waals surface area contributed by atoms with Crippen LogP contribution in [0.1, 0.15) is 21.6 Å². The van der Waals surface area contributed by atoms with Gasteiger partial charge in [0.15, 0.2) is 5.69 Å². The number of benzene rings is 2. The van der Waals surface area contributed by atoms with E-state index >= 15 is 0 Å². The normalized spacial score (nSPS) is 17.3. The number of hydrogen-bond donors (Lipinski definition) is 0. The number of nitrogens with zero attached hydrogens (tertiary/aromatic N) is 5. The summed E-state index contributed by atoms with van der Waals surface area (Å²) in [6.07, 6.45) is 3.68. The highest BCUT2D eigenvalue weighted by Gasteiger charge is 2.34. The smallest absolute Gasteiger partial charge is 0.274 e. The third kappa shape index (κ3) is 3.66. The Bertz CT molecular complexity index is 1390. The van der Waals surface area contributed by atoms with Gasteiger partial charge in [-0.2, -0.15) is 10.2 Å². The maximum Gasteiger partial charge on any atom is 0.274 e. The first-order valence-electron chi connectivity index (χ1n) is 11.2. The summed E-state index contributed by atoms with van der Waals surface area (Å²) in [4.78, 5) is 16.0. The summed E-state index contributed by atoms with van der Waals surface area (Å²) in [6.45, 7) is 2.71. The largest absolute Gasteiger partial charge is 0.378 e. The summed E-state index contributed by atoms with van der Waals surface area (Å²) in [5.41, 5.74) is 4.72. The molecule has 4 aromatic rings. The van der Waals surface area contributed by atoms with Gasteiger partial charge in [-0.25, -0.2) is 4.68 Å². The fraction of sp³-hybridized carbons (Fsp3) is 0.240. The lowest BCUT2D eigenvalue weighted by atomic mass is 10.0. The Labute approximate surface area is 199 Å². The maximum absolute atomic E-state index is 13.5. The first-order valence-corrected chi connectivity index (χ1v) is 12.5. The zero-order valence-electron chi connectivity index (χ0n) is 18.5. The molecule has 6 rings (SSSR count). The highest BCUT2D eigenvalue weighted by Crippen LogP contribution is 2.39. The lowest BCUT2D eigenvalue weighted by Gasteiger charge is -2.26. The Morgan fingerprint density at radius 2 is 1.91 bits per heavy atom. The quantitative estimate of drug-likeness (QED) is 0.455. The van der Waals surface area contributed by atoms with Crippen molar-refractivity contribution in [3.05, 3.63) is 83.8 Å². The van der Waals surface area contributed by atoms with Gasteiger partial charge in [-0.1, -0.05) is 30.3 Å². The minimum absolute atomic E-state index is 0.137. The minimum atomic E-state index is -1.24. The van der Waals surface area contributed by atoms with Crippen molar-refractivity contribution in [2.24, 2.45) is 0 Å². The SMILES string of the molecule is O=C(c1nn(-c2cccc(Cn3cccn3)c2)c2c1CS(=O)c1ccccc1-2)N1CCOCC1. The molecule has 9 heteroatoms. The number of morpholine rings is 1. The molecule has 2 aromatic heterocycles. The monoisotopic (exact) mass is 473 g/mol. The van der Waals surface area contributed by atoms with Gasteiger partial charge in [-0.05, 0) is 29.8 Å². The van der Waals surface area contributed by atoms with Crippen molar-refractivity contribution in [2.45, 2.75) is 17.2 Å². The zero-order valence-corrected chi connectivity index (χ0v) is 19.3. The van der Waals surface area contributed by atoms with Crippen LogP contribution in [0, 0.1) is 0 Å². The molecule has 4 heterocycles. The van der Waals surface area contributed by atoms with Gasteiger partial charge < -0.3 is 9.64 Å². The summed E-state index contributed by atoms with van der Waals surface area (Å²) in [7, 11) is -1.24. The van der Waals surface area contributed by atoms with Crippen molar-refractivity contribution in [3.63, 3.8) is 0 Å². The Hall–Kier alpha value is -3.56. The lowest BCUT2D eigenvalue weighted by molar-refractivity contribution is 0.0298. The van der Waals surface area contributed by atoms with E-state index in [1.165, 1.54) is 0 Å². The topological polar surface area (TPSA) is 82.2 Å². The second-order valence-electron chi connectivity index (χ2n) is 8.35. The second kappa shape index (κ2) is 8.66. The first kappa shape index (κ1) is 21.0. The van der Waals surface area contributed by atoms with E-state index in [9.17, 15) is 9.00 Å². The predicted molar refractivity (Wildman–Crippen MR) is 127 cm³/mol. The Balaban J connectivity index is 1.49. The number of amides is 1. The van der Waals surface area contributed by atoms with Crippen molar-refractivity contribution in [1.29, 1.82) is 0 Å². The van der Waals surface area contributed by atoms with E-state index in [1.807, 2.05) is 64.1 Å². The number of carbonyl (C=O) groups excluding carboxylic acids is 1. The number of rotatable bonds is 4. The summed E-state index contributed by atoms with van der Waals surface area (Å²) in [5, 5.41) is 9.14. The van der Waals surface area contributed by atoms with Crippen LogP contribution in [-0.2, 0) is 27.8 Å². The minimum Gasteiger partial charge on any atom is -0.378 e. The van der Waals surface area contributed by atoms with Crippen LogP contribution in [0.15, 0.2) is 71.9 Å². The third-order valence-electron chi connectivity index (χ3n) is 6.21. The Morgan fingerprint density at radius 1 is 1.06 bits per heavy atom. The molecule has 1 fully saturated rings. The molecule has 1 atom stereocenters. The van der Waals surface area contributed by atoms with E-state index in [-0.39, 0.29) is 11.7 Å². The standard InChI is InChI=1S/C25H23N5O3S/c31-25(28-11-13-33-14-12-28)23-21-17-34(32)22-8-2-1-7-20(22)24(21)30(27-23)19-6-3-5-18(15-19)16-29-10-4-9-26-29/h1-10,15H,11-14,16-17H2. The summed E-state index contributed by atoms with van der Waals surface area (Å²) in [6, 6.07) is 17.6. The van der Waals surface area contributed by atoms with E-state index < -0.39 is 10.8 Å². The first-order chi connectivity index (χ1) is 16.7. The Kier molecular flexibility index (Phi) is 5.35. The van der Waals surface area contributed by atoms with Crippen LogP contribution in [0.5, 0.6) is 0 Å². The number of hydrogen-bond acceptors (Lipinski definition) is 5. The third-order valence-corrected chi connectivity index (χ3v) is 7.60. The molecule has 0 bridgehead atoms. The summed E-state index contributed by atoms with van der Waals surface area (Å²) < 4.78 is 22.2. The molecular weight excluding hydrogens is 450 g/mol. The average molecular weight is 474 g/mol. The predicted octanol–water partition coefficient (Wildman–Crippen LogP) is 2.88. The summed E-state index contributed by atoms with van der Waals surface area (Å²) >= 11 is 0. The van der Waals surface area contributed by atoms with Crippen LogP contribution >= 0.6 is 0 Å². The van der Waals surface area contributed by atoms with Crippen LogP contribution in [0.3, 0.4) is 0 Å². The van der Waals surface area contributed by atoms with Gasteiger partial charge in [-0.15, -0.1) is 0 Å². The summed E-state index contributed by atoms with van der Waals surface area (Å²) in [5.74, 6) is 0.132. The molecular formula is C25H23N5O3S. The molecule has 1 saturated heterocycles. The van der Waals surface area contributed by atoms with Crippen LogP contribution < -0.4 is 0 Å². The van der Waals surface area contributed by atoms with Crippen LogP contribution in [-0.4, -0.2) is 60.9 Å². The van der Waals surface area contributed by atoms with Crippen molar-refractivity contribution in [1.82, 2.24) is 24.5 Å². The van der Waals surface area contributed by atoms with Crippen LogP contribution in [0.25, 0.3) is 16.9 Å². The van der Waals surface area contributed by atoms with Gasteiger partial charge in [-0.3, -0.25) is 13.7 Å².